The number of allylic oxidation sites excluding steroid dienone is 12. The number of phosphoric acid groups is 2. The SMILES string of the molecule is CC/C=C\C/C=C\C/C=C\C/C=C\C/C=C\CCCCCCCCCCCCCCCCCCCCCC(=O)OCC(O)COP(=O)(O)OCC(O)COP(=O)(O)OCC(COC(=O)CCCCCCCCCCCCCCCCC)OC(=O)CCCCCCC/C=C\CCCC. The molecule has 4 N–H and O–H groups in total. The number of phosphoric ester groups is 2. The summed E-state index contributed by atoms with van der Waals surface area (Å²) >= 11 is 0. The van der Waals surface area contributed by atoms with E-state index >= 15 is 0 Å². The number of aliphatic hydroxyl groups excluding tert-OH is 2. The third-order valence-electron chi connectivity index (χ3n) is 16.9. The van der Waals surface area contributed by atoms with Crippen LogP contribution in [-0.4, -0.2) is 95.9 Å². The van der Waals surface area contributed by atoms with E-state index in [2.05, 4.69) is 93.7 Å². The molecule has 0 rings (SSSR count). The van der Waals surface area contributed by atoms with Gasteiger partial charge in [-0.15, -0.1) is 0 Å². The van der Waals surface area contributed by atoms with Gasteiger partial charge in [-0.3, -0.25) is 32.5 Å². The number of hydrogen-bond acceptors (Lipinski definition) is 14. The molecule has 0 spiro atoms. The van der Waals surface area contributed by atoms with Gasteiger partial charge in [-0.1, -0.05) is 325 Å². The molecule has 0 saturated carbocycles. The average Bonchev–Trinajstić information content (AvgIpc) is 2.25. The Bertz CT molecular complexity index is 2060. The molecule has 0 bridgehead atoms. The predicted octanol–water partition coefficient (Wildman–Crippen LogP) is 22.7. The second-order valence-electron chi connectivity index (χ2n) is 26.5. The molecule has 18 heteroatoms. The summed E-state index contributed by atoms with van der Waals surface area (Å²) < 4.78 is 61.0. The van der Waals surface area contributed by atoms with Crippen LogP contribution in [0.1, 0.15) is 355 Å². The van der Waals surface area contributed by atoms with Crippen molar-refractivity contribution in [1.82, 2.24) is 0 Å². The van der Waals surface area contributed by atoms with Crippen molar-refractivity contribution in [3.8, 4) is 0 Å². The maximum atomic E-state index is 12.9. The van der Waals surface area contributed by atoms with Crippen molar-refractivity contribution in [1.29, 1.82) is 0 Å². The monoisotopic (exact) mass is 1410 g/mol. The van der Waals surface area contributed by atoms with Gasteiger partial charge in [-0.2, -0.15) is 0 Å². The molecule has 0 fully saturated rings. The Balaban J connectivity index is 4.25. The Hall–Kier alpha value is -3.01. The van der Waals surface area contributed by atoms with Crippen LogP contribution in [0.2, 0.25) is 0 Å². The predicted molar refractivity (Wildman–Crippen MR) is 399 cm³/mol. The van der Waals surface area contributed by atoms with Crippen molar-refractivity contribution in [2.24, 2.45) is 0 Å². The summed E-state index contributed by atoms with van der Waals surface area (Å²) in [6.07, 6.45) is 79.9. The first kappa shape index (κ1) is 94.0. The molecule has 0 heterocycles. The lowest BCUT2D eigenvalue weighted by molar-refractivity contribution is -0.161. The minimum absolute atomic E-state index is 0.0996. The van der Waals surface area contributed by atoms with E-state index in [0.29, 0.717) is 19.3 Å². The fraction of sp³-hybridized carbons (Fsp3) is 0.810. The van der Waals surface area contributed by atoms with Crippen molar-refractivity contribution in [3.05, 3.63) is 72.9 Å². The standard InChI is InChI=1S/C79H144O16P2/c1-4-7-10-13-16-19-22-24-26-27-28-29-30-31-32-33-34-35-36-37-38-39-40-41-42-43-44-45-47-49-51-53-56-59-62-65-77(82)89-68-74(80)69-91-96(85,86)92-70-75(81)71-93-97(87,88)94-73-76(95-79(84)67-64-61-58-55-50-21-18-15-12-9-6-3)72-90-78(83)66-63-60-57-54-52-48-46-25-23-20-17-14-11-8-5-2/h7,10,15-16,18-19,24,26,28-29,31-32,74-76,80-81H,4-6,8-9,11-14,17,20-23,25,27,30,33-73H2,1-3H3,(H,85,86)(H,87,88)/b10-7-,18-15-,19-16-,26-24-,29-28-,32-31-. The van der Waals surface area contributed by atoms with E-state index in [1.54, 1.807) is 0 Å². The van der Waals surface area contributed by atoms with Gasteiger partial charge < -0.3 is 34.2 Å². The Kier molecular flexibility index (Phi) is 70.5. The van der Waals surface area contributed by atoms with Gasteiger partial charge in [0.25, 0.3) is 0 Å². The normalized spacial score (nSPS) is 14.4. The zero-order valence-electron chi connectivity index (χ0n) is 61.8. The van der Waals surface area contributed by atoms with Gasteiger partial charge >= 0.3 is 33.6 Å². The summed E-state index contributed by atoms with van der Waals surface area (Å²) in [5, 5.41) is 20.6. The lowest BCUT2D eigenvalue weighted by Crippen LogP contribution is -2.30. The molecule has 97 heavy (non-hydrogen) atoms. The number of esters is 3. The number of carbonyl (C=O) groups excluding carboxylic acids is 3. The van der Waals surface area contributed by atoms with Crippen LogP contribution >= 0.6 is 15.6 Å². The Labute approximate surface area is 592 Å². The van der Waals surface area contributed by atoms with Gasteiger partial charge in [0.2, 0.25) is 0 Å². The molecule has 0 aromatic rings. The molecule has 0 aliphatic rings. The number of ether oxygens (including phenoxy) is 3. The van der Waals surface area contributed by atoms with Crippen LogP contribution in [0.25, 0.3) is 0 Å². The summed E-state index contributed by atoms with van der Waals surface area (Å²) in [5.41, 5.74) is 0. The molecule has 0 aromatic carbocycles. The van der Waals surface area contributed by atoms with Crippen LogP contribution in [-0.2, 0) is 55.8 Å². The van der Waals surface area contributed by atoms with E-state index in [0.717, 1.165) is 109 Å². The molecule has 566 valence electrons. The zero-order chi connectivity index (χ0) is 70.9. The molecule has 16 nitrogen and oxygen atoms in total. The molecule has 5 atom stereocenters. The van der Waals surface area contributed by atoms with Crippen LogP contribution in [0.5, 0.6) is 0 Å². The maximum absolute atomic E-state index is 12.9. The maximum Gasteiger partial charge on any atom is 0.472 e. The molecule has 0 aliphatic carbocycles. The third kappa shape index (κ3) is 74.0. The first-order valence-electron chi connectivity index (χ1n) is 39.2. The molecule has 0 aliphatic heterocycles. The topological polar surface area (TPSA) is 231 Å². The number of carbonyl (C=O) groups is 3. The van der Waals surface area contributed by atoms with E-state index in [4.69, 9.17) is 32.3 Å². The summed E-state index contributed by atoms with van der Waals surface area (Å²) in [5.74, 6) is -1.56. The van der Waals surface area contributed by atoms with Crippen LogP contribution in [0, 0.1) is 0 Å². The highest BCUT2D eigenvalue weighted by molar-refractivity contribution is 7.47. The number of rotatable bonds is 75. The minimum atomic E-state index is -4.92. The molecule has 0 amide bonds. The molecular weight excluding hydrogens is 1270 g/mol. The van der Waals surface area contributed by atoms with Crippen molar-refractivity contribution in [3.63, 3.8) is 0 Å². The van der Waals surface area contributed by atoms with Crippen molar-refractivity contribution < 1.29 is 75.8 Å². The summed E-state index contributed by atoms with van der Waals surface area (Å²) in [6, 6.07) is 0. The van der Waals surface area contributed by atoms with Crippen LogP contribution in [0.15, 0.2) is 72.9 Å². The fourth-order valence-electron chi connectivity index (χ4n) is 10.9. The van der Waals surface area contributed by atoms with Gasteiger partial charge in [0.15, 0.2) is 6.10 Å². The lowest BCUT2D eigenvalue weighted by Gasteiger charge is -2.21. The highest BCUT2D eigenvalue weighted by atomic mass is 31.2. The van der Waals surface area contributed by atoms with E-state index in [9.17, 15) is 43.5 Å². The van der Waals surface area contributed by atoms with Crippen molar-refractivity contribution in [2.75, 3.05) is 39.6 Å². The van der Waals surface area contributed by atoms with Gasteiger partial charge in [0.1, 0.15) is 25.4 Å². The van der Waals surface area contributed by atoms with Crippen molar-refractivity contribution in [2.45, 2.75) is 373 Å². The Morgan fingerprint density at radius 3 is 0.907 bits per heavy atom. The molecular formula is C79H144O16P2. The number of hydrogen-bond donors (Lipinski definition) is 4. The summed E-state index contributed by atoms with van der Waals surface area (Å²) in [4.78, 5) is 58.4. The van der Waals surface area contributed by atoms with Crippen molar-refractivity contribution >= 4 is 33.6 Å². The zero-order valence-corrected chi connectivity index (χ0v) is 63.5. The van der Waals surface area contributed by atoms with Gasteiger partial charge in [-0.25, -0.2) is 9.13 Å². The van der Waals surface area contributed by atoms with Crippen LogP contribution in [0.4, 0.5) is 0 Å². The summed E-state index contributed by atoms with van der Waals surface area (Å²) in [7, 11) is -9.76. The third-order valence-corrected chi connectivity index (χ3v) is 18.8. The average molecular weight is 1410 g/mol. The first-order valence-corrected chi connectivity index (χ1v) is 42.2. The number of unbranched alkanes of at least 4 members (excludes halogenated alkanes) is 40. The molecule has 0 aromatic heterocycles. The second-order valence-corrected chi connectivity index (χ2v) is 29.4. The molecule has 5 unspecified atom stereocenters. The lowest BCUT2D eigenvalue weighted by atomic mass is 10.0. The first-order chi connectivity index (χ1) is 47.2. The van der Waals surface area contributed by atoms with E-state index in [1.807, 2.05) is 0 Å². The smallest absolute Gasteiger partial charge is 0.463 e. The molecule has 0 radical (unpaired) electrons. The van der Waals surface area contributed by atoms with E-state index < -0.39 is 91.5 Å². The fourth-order valence-corrected chi connectivity index (χ4v) is 12.5. The number of aliphatic hydroxyl groups is 2. The van der Waals surface area contributed by atoms with E-state index in [1.165, 1.54) is 186 Å². The van der Waals surface area contributed by atoms with Gasteiger partial charge in [0, 0.05) is 19.3 Å². The van der Waals surface area contributed by atoms with Gasteiger partial charge in [-0.05, 0) is 83.5 Å². The van der Waals surface area contributed by atoms with Gasteiger partial charge in [0.05, 0.1) is 26.4 Å². The second kappa shape index (κ2) is 72.8. The minimum Gasteiger partial charge on any atom is -0.463 e. The summed E-state index contributed by atoms with van der Waals surface area (Å²) in [6.45, 7) is 2.56. The highest BCUT2D eigenvalue weighted by Crippen LogP contribution is 2.45. The Morgan fingerprint density at radius 1 is 0.299 bits per heavy atom. The molecule has 0 saturated heterocycles. The van der Waals surface area contributed by atoms with Crippen LogP contribution in [0.3, 0.4) is 0 Å². The quantitative estimate of drug-likeness (QED) is 0.0146. The van der Waals surface area contributed by atoms with E-state index in [-0.39, 0.29) is 19.3 Å². The van der Waals surface area contributed by atoms with Crippen LogP contribution < -0.4 is 0 Å². The highest BCUT2D eigenvalue weighted by Gasteiger charge is 2.29. The Morgan fingerprint density at radius 2 is 0.557 bits per heavy atom. The largest absolute Gasteiger partial charge is 0.472 e.